The highest BCUT2D eigenvalue weighted by Gasteiger charge is 2.48. The van der Waals surface area contributed by atoms with Gasteiger partial charge in [0.25, 0.3) is 0 Å². The molecule has 2 heterocycles. The number of aromatic amines is 1. The number of amides is 3. The summed E-state index contributed by atoms with van der Waals surface area (Å²) >= 11 is 0. The standard InChI is InChI=1S/C47H54N4O7/c1-47(2,3)58-46(54)51-38(27-35-34-19-13-14-20-37(34)49-42(35)43(51)32-17-11-8-12-18-32)44(52)50-41(31-23-21-30(22-24-31)29-15-9-7-10-16-29)45(53)48-28-36-39(56-5)25-33(55-4)26-40(36)57-6/h7,9-10,13-16,19-26,32,38,41,43,49H,8,11-12,17-18,27-28H2,1-6H3,(H,48,53)(H,50,52)/t38-,41?,43+/m1/s1. The van der Waals surface area contributed by atoms with E-state index < -0.39 is 41.6 Å². The zero-order valence-electron chi connectivity index (χ0n) is 34.2. The fourth-order valence-electron chi connectivity index (χ4n) is 8.57. The molecule has 1 aliphatic heterocycles. The lowest BCUT2D eigenvalue weighted by molar-refractivity contribution is -0.133. The van der Waals surface area contributed by atoms with Gasteiger partial charge >= 0.3 is 6.09 Å². The van der Waals surface area contributed by atoms with E-state index in [0.29, 0.717) is 28.4 Å². The second-order valence-electron chi connectivity index (χ2n) is 16.2. The number of H-pyrrole nitrogens is 1. The number of hydrogen-bond acceptors (Lipinski definition) is 7. The van der Waals surface area contributed by atoms with E-state index in [1.165, 1.54) is 14.2 Å². The number of carbonyl (C=O) groups excluding carboxylic acids is 3. The molecule has 7 rings (SSSR count). The summed E-state index contributed by atoms with van der Waals surface area (Å²) in [6.07, 6.45) is 4.75. The Morgan fingerprint density at radius 1 is 0.810 bits per heavy atom. The molecule has 1 saturated carbocycles. The van der Waals surface area contributed by atoms with E-state index in [9.17, 15) is 9.59 Å². The normalized spacial score (nSPS) is 17.5. The molecule has 3 atom stereocenters. The largest absolute Gasteiger partial charge is 0.496 e. The Morgan fingerprint density at radius 2 is 1.45 bits per heavy atom. The SMILES string of the molecule is COc1cc(OC)c(CNC(=O)C(NC(=O)[C@H]2Cc3c([nH]c4ccccc34)[C@H](C3CCCCC3)N2C(=O)OC(C)(C)C)c2ccc(-c3ccccc3)cc2)c(OC)c1. The highest BCUT2D eigenvalue weighted by atomic mass is 16.6. The molecule has 5 aromatic rings. The summed E-state index contributed by atoms with van der Waals surface area (Å²) in [4.78, 5) is 49.4. The molecule has 1 aliphatic carbocycles. The van der Waals surface area contributed by atoms with Crippen LogP contribution >= 0.6 is 0 Å². The summed E-state index contributed by atoms with van der Waals surface area (Å²) < 4.78 is 22.8. The van der Waals surface area contributed by atoms with Crippen LogP contribution in [-0.4, -0.2) is 60.8 Å². The van der Waals surface area contributed by atoms with Crippen molar-refractivity contribution in [3.8, 4) is 28.4 Å². The fourth-order valence-corrected chi connectivity index (χ4v) is 8.57. The van der Waals surface area contributed by atoms with Gasteiger partial charge in [-0.25, -0.2) is 4.79 Å². The van der Waals surface area contributed by atoms with Gasteiger partial charge in [-0.3, -0.25) is 14.5 Å². The molecular weight excluding hydrogens is 733 g/mol. The van der Waals surface area contributed by atoms with Gasteiger partial charge in [0.15, 0.2) is 0 Å². The quantitative estimate of drug-likeness (QED) is 0.122. The van der Waals surface area contributed by atoms with E-state index in [1.807, 2.05) is 93.6 Å². The van der Waals surface area contributed by atoms with Crippen molar-refractivity contribution in [1.82, 2.24) is 20.5 Å². The summed E-state index contributed by atoms with van der Waals surface area (Å²) in [7, 11) is 4.63. The number of ether oxygens (including phenoxy) is 4. The van der Waals surface area contributed by atoms with E-state index in [1.54, 1.807) is 24.1 Å². The zero-order chi connectivity index (χ0) is 41.0. The van der Waals surface area contributed by atoms with Gasteiger partial charge in [0.1, 0.15) is 34.9 Å². The van der Waals surface area contributed by atoms with Crippen LogP contribution in [0.5, 0.6) is 17.2 Å². The third kappa shape index (κ3) is 8.49. The summed E-state index contributed by atoms with van der Waals surface area (Å²) in [6, 6.07) is 26.6. The highest BCUT2D eigenvalue weighted by molar-refractivity contribution is 5.94. The number of hydrogen-bond donors (Lipinski definition) is 3. The first-order valence-electron chi connectivity index (χ1n) is 20.1. The van der Waals surface area contributed by atoms with Crippen LogP contribution in [0, 0.1) is 5.92 Å². The Labute approximate surface area is 340 Å². The van der Waals surface area contributed by atoms with Crippen molar-refractivity contribution in [1.29, 1.82) is 0 Å². The highest BCUT2D eigenvalue weighted by Crippen LogP contribution is 2.46. The second-order valence-corrected chi connectivity index (χ2v) is 16.2. The number of benzene rings is 4. The van der Waals surface area contributed by atoms with Crippen molar-refractivity contribution in [3.63, 3.8) is 0 Å². The third-order valence-corrected chi connectivity index (χ3v) is 11.3. The lowest BCUT2D eigenvalue weighted by Gasteiger charge is -2.45. The van der Waals surface area contributed by atoms with Crippen molar-refractivity contribution >= 4 is 28.8 Å². The van der Waals surface area contributed by atoms with Gasteiger partial charge in [0, 0.05) is 35.2 Å². The number of nitrogens with zero attached hydrogens (tertiary/aromatic N) is 1. The van der Waals surface area contributed by atoms with Gasteiger partial charge in [-0.1, -0.05) is 92.1 Å². The molecule has 11 nitrogen and oxygen atoms in total. The summed E-state index contributed by atoms with van der Waals surface area (Å²) in [5, 5.41) is 7.18. The van der Waals surface area contributed by atoms with Crippen molar-refractivity contribution in [2.75, 3.05) is 21.3 Å². The predicted octanol–water partition coefficient (Wildman–Crippen LogP) is 8.82. The van der Waals surface area contributed by atoms with Crippen LogP contribution in [0.1, 0.15) is 87.3 Å². The van der Waals surface area contributed by atoms with Crippen LogP contribution in [0.25, 0.3) is 22.0 Å². The van der Waals surface area contributed by atoms with Crippen molar-refractivity contribution < 1.29 is 33.3 Å². The van der Waals surface area contributed by atoms with Crippen molar-refractivity contribution in [2.45, 2.75) is 89.6 Å². The number of nitrogens with one attached hydrogen (secondary N) is 3. The molecule has 3 N–H and O–H groups in total. The molecule has 58 heavy (non-hydrogen) atoms. The van der Waals surface area contributed by atoms with Crippen molar-refractivity contribution in [2.24, 2.45) is 5.92 Å². The Kier molecular flexibility index (Phi) is 12.0. The van der Waals surface area contributed by atoms with E-state index in [2.05, 4.69) is 21.7 Å². The first-order valence-corrected chi connectivity index (χ1v) is 20.1. The molecule has 4 aromatic carbocycles. The minimum absolute atomic E-state index is 0.0412. The molecule has 3 amide bonds. The molecule has 1 aromatic heterocycles. The van der Waals surface area contributed by atoms with Gasteiger partial charge in [-0.05, 0) is 67.9 Å². The maximum atomic E-state index is 15.1. The Hall–Kier alpha value is -5.97. The molecule has 0 radical (unpaired) electrons. The Morgan fingerprint density at radius 3 is 2.09 bits per heavy atom. The van der Waals surface area contributed by atoms with E-state index in [0.717, 1.165) is 65.4 Å². The van der Waals surface area contributed by atoms with Gasteiger partial charge in [0.05, 0.1) is 39.5 Å². The topological polar surface area (TPSA) is 131 Å². The van der Waals surface area contributed by atoms with Gasteiger partial charge in [0.2, 0.25) is 11.8 Å². The van der Waals surface area contributed by atoms with Crippen LogP contribution in [0.3, 0.4) is 0 Å². The monoisotopic (exact) mass is 786 g/mol. The van der Waals surface area contributed by atoms with Crippen LogP contribution in [0.2, 0.25) is 0 Å². The average molecular weight is 787 g/mol. The molecular formula is C47H54N4O7. The minimum atomic E-state index is -1.12. The van der Waals surface area contributed by atoms with Gasteiger partial charge < -0.3 is 34.6 Å². The van der Waals surface area contributed by atoms with Gasteiger partial charge in [-0.2, -0.15) is 0 Å². The van der Waals surface area contributed by atoms with Crippen LogP contribution in [0.15, 0.2) is 91.0 Å². The Bertz CT molecular complexity index is 2210. The fraction of sp³-hybridized carbons (Fsp3) is 0.383. The van der Waals surface area contributed by atoms with Gasteiger partial charge in [-0.15, -0.1) is 0 Å². The number of para-hydroxylation sites is 1. The lowest BCUT2D eigenvalue weighted by Crippen LogP contribution is -2.58. The predicted molar refractivity (Wildman–Crippen MR) is 224 cm³/mol. The number of aromatic nitrogens is 1. The summed E-state index contributed by atoms with van der Waals surface area (Å²) in [6.45, 7) is 5.54. The second kappa shape index (κ2) is 17.3. The molecule has 0 bridgehead atoms. The van der Waals surface area contributed by atoms with E-state index in [4.69, 9.17) is 18.9 Å². The summed E-state index contributed by atoms with van der Waals surface area (Å²) in [5.74, 6) is 0.708. The zero-order valence-corrected chi connectivity index (χ0v) is 34.2. The first kappa shape index (κ1) is 40.2. The molecule has 1 fully saturated rings. The maximum Gasteiger partial charge on any atom is 0.411 e. The van der Waals surface area contributed by atoms with E-state index in [-0.39, 0.29) is 18.9 Å². The summed E-state index contributed by atoms with van der Waals surface area (Å²) in [5.41, 5.74) is 5.30. The average Bonchev–Trinajstić information content (AvgIpc) is 3.62. The third-order valence-electron chi connectivity index (χ3n) is 11.3. The number of carbonyl (C=O) groups is 3. The molecule has 1 unspecified atom stereocenters. The van der Waals surface area contributed by atoms with Crippen LogP contribution in [-0.2, 0) is 27.3 Å². The van der Waals surface area contributed by atoms with Crippen molar-refractivity contribution in [3.05, 3.63) is 113 Å². The van der Waals surface area contributed by atoms with E-state index >= 15 is 4.79 Å². The first-order chi connectivity index (χ1) is 28.0. The minimum Gasteiger partial charge on any atom is -0.496 e. The van der Waals surface area contributed by atoms with Crippen LogP contribution < -0.4 is 24.8 Å². The molecule has 0 spiro atoms. The number of methoxy groups -OCH3 is 3. The maximum absolute atomic E-state index is 15.1. The number of fused-ring (bicyclic) bond motifs is 3. The molecule has 2 aliphatic rings. The Balaban J connectivity index is 1.27. The molecule has 0 saturated heterocycles. The van der Waals surface area contributed by atoms with Crippen LogP contribution in [0.4, 0.5) is 4.79 Å². The molecule has 11 heteroatoms. The smallest absolute Gasteiger partial charge is 0.411 e. The molecule has 304 valence electrons. The lowest BCUT2D eigenvalue weighted by atomic mass is 9.78. The number of rotatable bonds is 11.